The Morgan fingerprint density at radius 3 is 2.48 bits per heavy atom. The molecule has 0 unspecified atom stereocenters. The van der Waals surface area contributed by atoms with Crippen LogP contribution in [0, 0.1) is 11.7 Å². The predicted molar refractivity (Wildman–Crippen MR) is 91.2 cm³/mol. The molecule has 0 atom stereocenters. The number of rotatable bonds is 5. The molecule has 2 aliphatic rings. The molecule has 1 aromatic rings. The Hall–Kier alpha value is -0.400. The number of halogens is 3. The van der Waals surface area contributed by atoms with E-state index < -0.39 is 15.8 Å². The van der Waals surface area contributed by atoms with E-state index in [4.69, 9.17) is 11.6 Å². The van der Waals surface area contributed by atoms with Crippen LogP contribution in [0.3, 0.4) is 0 Å². The van der Waals surface area contributed by atoms with E-state index in [2.05, 4.69) is 5.32 Å². The monoisotopic (exact) mass is 382 g/mol. The van der Waals surface area contributed by atoms with Gasteiger partial charge in [0.1, 0.15) is 10.7 Å². The normalized spacial score (nSPS) is 20.3. The van der Waals surface area contributed by atoms with Gasteiger partial charge in [0.05, 0.1) is 0 Å². The number of hydrogen-bond acceptors (Lipinski definition) is 3. The molecule has 1 heterocycles. The number of piperidine rings is 1. The van der Waals surface area contributed by atoms with Gasteiger partial charge in [0.25, 0.3) is 0 Å². The summed E-state index contributed by atoms with van der Waals surface area (Å²) in [4.78, 5) is -0.329. The molecule has 1 aromatic carbocycles. The van der Waals surface area contributed by atoms with Crippen LogP contribution in [0.15, 0.2) is 23.1 Å². The molecule has 2 fully saturated rings. The van der Waals surface area contributed by atoms with E-state index in [0.29, 0.717) is 19.1 Å². The van der Waals surface area contributed by atoms with Gasteiger partial charge in [-0.1, -0.05) is 11.6 Å². The molecule has 0 bridgehead atoms. The Kier molecular flexibility index (Phi) is 6.30. The lowest BCUT2D eigenvalue weighted by Gasteiger charge is -2.31. The van der Waals surface area contributed by atoms with Crippen LogP contribution in [0.4, 0.5) is 4.39 Å². The zero-order valence-electron chi connectivity index (χ0n) is 12.7. The molecule has 1 saturated heterocycles. The SMILES string of the molecule is Cl.O=S(=O)(c1cc(Cl)ccc1F)N1CCC(NCC2CC2)CC1. The smallest absolute Gasteiger partial charge is 0.246 e. The van der Waals surface area contributed by atoms with Crippen LogP contribution >= 0.6 is 24.0 Å². The lowest BCUT2D eigenvalue weighted by atomic mass is 10.1. The molecule has 4 nitrogen and oxygen atoms in total. The first-order chi connectivity index (χ1) is 10.5. The van der Waals surface area contributed by atoms with Gasteiger partial charge in [-0.3, -0.25) is 0 Å². The number of hydrogen-bond donors (Lipinski definition) is 1. The van der Waals surface area contributed by atoms with Gasteiger partial charge in [0.2, 0.25) is 10.0 Å². The van der Waals surface area contributed by atoms with Crippen molar-refractivity contribution < 1.29 is 12.8 Å². The van der Waals surface area contributed by atoms with Crippen molar-refractivity contribution in [1.82, 2.24) is 9.62 Å². The van der Waals surface area contributed by atoms with Crippen molar-refractivity contribution in [3.8, 4) is 0 Å². The second-order valence-electron chi connectivity index (χ2n) is 6.10. The summed E-state index contributed by atoms with van der Waals surface area (Å²) in [5, 5.41) is 3.72. The molecular formula is C15H21Cl2FN2O2S. The van der Waals surface area contributed by atoms with E-state index in [-0.39, 0.29) is 22.3 Å². The maximum Gasteiger partial charge on any atom is 0.246 e. The van der Waals surface area contributed by atoms with E-state index in [1.165, 1.54) is 29.3 Å². The van der Waals surface area contributed by atoms with Crippen molar-refractivity contribution >= 4 is 34.0 Å². The Morgan fingerprint density at radius 1 is 1.22 bits per heavy atom. The van der Waals surface area contributed by atoms with Crippen molar-refractivity contribution in [3.05, 3.63) is 29.0 Å². The molecule has 23 heavy (non-hydrogen) atoms. The Morgan fingerprint density at radius 2 is 1.87 bits per heavy atom. The summed E-state index contributed by atoms with van der Waals surface area (Å²) >= 11 is 5.80. The van der Waals surface area contributed by atoms with E-state index in [0.717, 1.165) is 31.4 Å². The maximum absolute atomic E-state index is 13.8. The third-order valence-electron chi connectivity index (χ3n) is 4.36. The van der Waals surface area contributed by atoms with Crippen LogP contribution in [0.5, 0.6) is 0 Å². The number of nitrogens with one attached hydrogen (secondary N) is 1. The molecule has 0 spiro atoms. The Bertz CT molecular complexity index is 645. The summed E-state index contributed by atoms with van der Waals surface area (Å²) in [6, 6.07) is 3.99. The third-order valence-corrected chi connectivity index (χ3v) is 6.51. The first kappa shape index (κ1) is 18.9. The van der Waals surface area contributed by atoms with Gasteiger partial charge in [-0.15, -0.1) is 12.4 Å². The van der Waals surface area contributed by atoms with E-state index in [1.807, 2.05) is 0 Å². The lowest BCUT2D eigenvalue weighted by molar-refractivity contribution is 0.287. The Balaban J connectivity index is 0.00000192. The molecule has 130 valence electrons. The zero-order valence-corrected chi connectivity index (χ0v) is 15.1. The fourth-order valence-electron chi connectivity index (χ4n) is 2.77. The Labute approximate surface area is 147 Å². The van der Waals surface area contributed by atoms with Crippen LogP contribution in [0.1, 0.15) is 25.7 Å². The van der Waals surface area contributed by atoms with Crippen LogP contribution < -0.4 is 5.32 Å². The second kappa shape index (κ2) is 7.66. The largest absolute Gasteiger partial charge is 0.314 e. The molecule has 1 aliphatic carbocycles. The highest BCUT2D eigenvalue weighted by atomic mass is 35.5. The van der Waals surface area contributed by atoms with Gasteiger partial charge in [0.15, 0.2) is 0 Å². The van der Waals surface area contributed by atoms with Crippen molar-refractivity contribution in [2.24, 2.45) is 5.92 Å². The van der Waals surface area contributed by atoms with Crippen LogP contribution in [-0.4, -0.2) is 38.4 Å². The van der Waals surface area contributed by atoms with E-state index in [9.17, 15) is 12.8 Å². The van der Waals surface area contributed by atoms with Crippen molar-refractivity contribution in [1.29, 1.82) is 0 Å². The van der Waals surface area contributed by atoms with Gasteiger partial charge in [-0.25, -0.2) is 12.8 Å². The summed E-state index contributed by atoms with van der Waals surface area (Å²) in [7, 11) is -3.81. The maximum atomic E-state index is 13.8. The average molecular weight is 383 g/mol. The number of benzene rings is 1. The van der Waals surface area contributed by atoms with Gasteiger partial charge in [-0.2, -0.15) is 4.31 Å². The molecule has 0 amide bonds. The number of sulfonamides is 1. The average Bonchev–Trinajstić information content (AvgIpc) is 3.32. The fourth-order valence-corrected chi connectivity index (χ4v) is 4.57. The van der Waals surface area contributed by atoms with Gasteiger partial charge in [0, 0.05) is 24.2 Å². The number of nitrogens with zero attached hydrogens (tertiary/aromatic N) is 1. The van der Waals surface area contributed by atoms with Gasteiger partial charge < -0.3 is 5.32 Å². The summed E-state index contributed by atoms with van der Waals surface area (Å²) < 4.78 is 40.3. The highest BCUT2D eigenvalue weighted by molar-refractivity contribution is 7.89. The molecular weight excluding hydrogens is 362 g/mol. The zero-order chi connectivity index (χ0) is 15.7. The van der Waals surface area contributed by atoms with Crippen LogP contribution in [0.25, 0.3) is 0 Å². The van der Waals surface area contributed by atoms with Gasteiger partial charge >= 0.3 is 0 Å². The predicted octanol–water partition coefficient (Wildman–Crippen LogP) is 3.05. The summed E-state index contributed by atoms with van der Waals surface area (Å²) in [6.45, 7) is 1.85. The molecule has 3 rings (SSSR count). The quantitative estimate of drug-likeness (QED) is 0.850. The van der Waals surface area contributed by atoms with E-state index >= 15 is 0 Å². The first-order valence-electron chi connectivity index (χ1n) is 7.65. The molecule has 8 heteroatoms. The van der Waals surface area contributed by atoms with Crippen molar-refractivity contribution in [2.75, 3.05) is 19.6 Å². The molecule has 1 aliphatic heterocycles. The third kappa shape index (κ3) is 4.57. The fraction of sp³-hybridized carbons (Fsp3) is 0.600. The summed E-state index contributed by atoms with van der Waals surface area (Å²) in [5.41, 5.74) is 0. The summed E-state index contributed by atoms with van der Waals surface area (Å²) in [6.07, 6.45) is 4.12. The van der Waals surface area contributed by atoms with Crippen molar-refractivity contribution in [3.63, 3.8) is 0 Å². The topological polar surface area (TPSA) is 49.4 Å². The minimum Gasteiger partial charge on any atom is -0.314 e. The standard InChI is InChI=1S/C15H20ClFN2O2S.ClH/c16-12-3-4-14(17)15(9-12)22(20,21)19-7-5-13(6-8-19)18-10-11-1-2-11;/h3-4,9,11,13,18H,1-2,5-8,10H2;1H. The molecule has 1 N–H and O–H groups in total. The van der Waals surface area contributed by atoms with Crippen LogP contribution in [-0.2, 0) is 10.0 Å². The minimum absolute atomic E-state index is 0. The second-order valence-corrected chi connectivity index (χ2v) is 8.45. The molecule has 0 radical (unpaired) electrons. The van der Waals surface area contributed by atoms with Gasteiger partial charge in [-0.05, 0) is 56.3 Å². The minimum atomic E-state index is -3.81. The van der Waals surface area contributed by atoms with Crippen LogP contribution in [0.2, 0.25) is 5.02 Å². The van der Waals surface area contributed by atoms with Crippen molar-refractivity contribution in [2.45, 2.75) is 36.6 Å². The molecule has 1 saturated carbocycles. The highest BCUT2D eigenvalue weighted by Crippen LogP contribution is 2.29. The van der Waals surface area contributed by atoms with E-state index in [1.54, 1.807) is 0 Å². The lowest BCUT2D eigenvalue weighted by Crippen LogP contribution is -2.45. The first-order valence-corrected chi connectivity index (χ1v) is 9.47. The summed E-state index contributed by atoms with van der Waals surface area (Å²) in [5.74, 6) is 0.0562. The highest BCUT2D eigenvalue weighted by Gasteiger charge is 2.32. The molecule has 0 aromatic heterocycles.